The molecule has 32 heavy (non-hydrogen) atoms. The van der Waals surface area contributed by atoms with Crippen molar-refractivity contribution >= 4 is 16.7 Å². The summed E-state index contributed by atoms with van der Waals surface area (Å²) in [5.41, 5.74) is 9.85. The number of ether oxygens (including phenoxy) is 1. The van der Waals surface area contributed by atoms with E-state index in [1.807, 2.05) is 4.52 Å². The van der Waals surface area contributed by atoms with Crippen molar-refractivity contribution in [1.29, 1.82) is 0 Å². The molecule has 7 heteroatoms. The average Bonchev–Trinajstić information content (AvgIpc) is 3.40. The summed E-state index contributed by atoms with van der Waals surface area (Å²) in [5, 5.41) is 4.39. The van der Waals surface area contributed by atoms with Gasteiger partial charge in [0.1, 0.15) is 12.4 Å². The first kappa shape index (κ1) is 21.1. The van der Waals surface area contributed by atoms with Gasteiger partial charge in [-0.2, -0.15) is 5.10 Å². The molecule has 1 unspecified atom stereocenters. The standard InChI is InChI=1S/C25H32N6O/c1-14(2)22-23(18-11-31-25(26-13-27-31)17(6)16(18)5)29-20-8-7-19(28-24(20)22)21-12-30(15(3)4)9-10-32-21/h7-8,11,13-15,21,29H,9-10,12H2,1-6H3. The van der Waals surface area contributed by atoms with E-state index in [0.717, 1.165) is 58.9 Å². The van der Waals surface area contributed by atoms with Crippen LogP contribution >= 0.6 is 0 Å². The molecule has 0 radical (unpaired) electrons. The van der Waals surface area contributed by atoms with E-state index in [4.69, 9.17) is 9.72 Å². The summed E-state index contributed by atoms with van der Waals surface area (Å²) in [4.78, 5) is 15.7. The molecule has 0 aliphatic carbocycles. The molecule has 5 heterocycles. The number of nitrogens with zero attached hydrogens (tertiary/aromatic N) is 5. The molecule has 0 bridgehead atoms. The minimum absolute atomic E-state index is 0.00407. The minimum atomic E-state index is 0.00407. The summed E-state index contributed by atoms with van der Waals surface area (Å²) in [6.45, 7) is 15.8. The highest BCUT2D eigenvalue weighted by Gasteiger charge is 2.26. The maximum Gasteiger partial charge on any atom is 0.158 e. The van der Waals surface area contributed by atoms with Crippen LogP contribution < -0.4 is 0 Å². The molecule has 168 valence electrons. The Bertz CT molecular complexity index is 1280. The number of hydrogen-bond acceptors (Lipinski definition) is 5. The third kappa shape index (κ3) is 3.40. The first-order chi connectivity index (χ1) is 15.3. The van der Waals surface area contributed by atoms with Crippen molar-refractivity contribution < 1.29 is 4.74 Å². The van der Waals surface area contributed by atoms with Gasteiger partial charge in [-0.1, -0.05) is 13.8 Å². The Morgan fingerprint density at radius 1 is 1.12 bits per heavy atom. The van der Waals surface area contributed by atoms with Gasteiger partial charge in [-0.15, -0.1) is 0 Å². The zero-order valence-electron chi connectivity index (χ0n) is 19.8. The predicted octanol–water partition coefficient (Wildman–Crippen LogP) is 4.79. The second-order valence-corrected chi connectivity index (χ2v) is 9.47. The van der Waals surface area contributed by atoms with Crippen molar-refractivity contribution in [2.45, 2.75) is 59.6 Å². The molecule has 0 saturated carbocycles. The molecule has 7 nitrogen and oxygen atoms in total. The summed E-state index contributed by atoms with van der Waals surface area (Å²) in [7, 11) is 0. The lowest BCUT2D eigenvalue weighted by Gasteiger charge is -2.35. The van der Waals surface area contributed by atoms with Crippen LogP contribution in [0.2, 0.25) is 0 Å². The first-order valence-electron chi connectivity index (χ1n) is 11.5. The van der Waals surface area contributed by atoms with Crippen LogP contribution in [0.3, 0.4) is 0 Å². The number of fused-ring (bicyclic) bond motifs is 2. The minimum Gasteiger partial charge on any atom is -0.369 e. The van der Waals surface area contributed by atoms with Crippen LogP contribution in [0, 0.1) is 13.8 Å². The highest BCUT2D eigenvalue weighted by Crippen LogP contribution is 2.38. The number of H-pyrrole nitrogens is 1. The van der Waals surface area contributed by atoms with Gasteiger partial charge in [0.25, 0.3) is 0 Å². The van der Waals surface area contributed by atoms with E-state index in [1.54, 1.807) is 6.33 Å². The van der Waals surface area contributed by atoms with Crippen LogP contribution in [0.5, 0.6) is 0 Å². The zero-order chi connectivity index (χ0) is 22.6. The SMILES string of the molecule is Cc1c(-c2[nH]c3ccc(C4CN(C(C)C)CCO4)nc3c2C(C)C)cn2ncnc2c1C. The Hall–Kier alpha value is -2.77. The maximum absolute atomic E-state index is 6.13. The van der Waals surface area contributed by atoms with Crippen LogP contribution in [0.25, 0.3) is 27.9 Å². The number of hydrogen-bond donors (Lipinski definition) is 1. The molecule has 1 fully saturated rings. The molecular weight excluding hydrogens is 400 g/mol. The number of nitrogens with one attached hydrogen (secondary N) is 1. The van der Waals surface area contributed by atoms with E-state index in [1.165, 1.54) is 11.1 Å². The number of rotatable bonds is 4. The molecule has 1 aliphatic heterocycles. The first-order valence-corrected chi connectivity index (χ1v) is 11.5. The maximum atomic E-state index is 6.13. The van der Waals surface area contributed by atoms with E-state index in [0.29, 0.717) is 12.0 Å². The third-order valence-corrected chi connectivity index (χ3v) is 6.83. The molecule has 4 aromatic heterocycles. The number of pyridine rings is 2. The largest absolute Gasteiger partial charge is 0.369 e. The van der Waals surface area contributed by atoms with Crippen molar-refractivity contribution in [2.75, 3.05) is 19.7 Å². The molecule has 1 N–H and O–H groups in total. The van der Waals surface area contributed by atoms with Crippen molar-refractivity contribution in [3.05, 3.63) is 47.0 Å². The fourth-order valence-electron chi connectivity index (χ4n) is 4.83. The normalized spacial score (nSPS) is 17.9. The average molecular weight is 433 g/mol. The van der Waals surface area contributed by atoms with Crippen LogP contribution in [0.15, 0.2) is 24.7 Å². The smallest absolute Gasteiger partial charge is 0.158 e. The van der Waals surface area contributed by atoms with Crippen LogP contribution in [0.1, 0.15) is 62.1 Å². The monoisotopic (exact) mass is 432 g/mol. The summed E-state index contributed by atoms with van der Waals surface area (Å²) < 4.78 is 7.99. The quantitative estimate of drug-likeness (QED) is 0.502. The molecule has 0 spiro atoms. The molecule has 5 rings (SSSR count). The fourth-order valence-corrected chi connectivity index (χ4v) is 4.83. The lowest BCUT2D eigenvalue weighted by Crippen LogP contribution is -2.42. The third-order valence-electron chi connectivity index (χ3n) is 6.83. The van der Waals surface area contributed by atoms with Gasteiger partial charge in [0.2, 0.25) is 0 Å². The van der Waals surface area contributed by atoms with Gasteiger partial charge in [-0.25, -0.2) is 14.5 Å². The number of morpholine rings is 1. The Kier molecular flexibility index (Phi) is 5.26. The molecule has 0 aromatic carbocycles. The van der Waals surface area contributed by atoms with Gasteiger partial charge >= 0.3 is 0 Å². The fraction of sp³-hybridized carbons (Fsp3) is 0.480. The molecule has 1 saturated heterocycles. The van der Waals surface area contributed by atoms with E-state index < -0.39 is 0 Å². The van der Waals surface area contributed by atoms with Crippen molar-refractivity contribution in [1.82, 2.24) is 29.5 Å². The second-order valence-electron chi connectivity index (χ2n) is 9.47. The Morgan fingerprint density at radius 3 is 2.69 bits per heavy atom. The molecule has 0 amide bonds. The summed E-state index contributed by atoms with van der Waals surface area (Å²) in [6.07, 6.45) is 3.69. The second kappa shape index (κ2) is 7.98. The van der Waals surface area contributed by atoms with Gasteiger partial charge < -0.3 is 9.72 Å². The number of aryl methyl sites for hydroxylation is 1. The molecular formula is C25H32N6O. The predicted molar refractivity (Wildman–Crippen MR) is 127 cm³/mol. The summed E-state index contributed by atoms with van der Waals surface area (Å²) in [5.74, 6) is 0.312. The Labute approximate surface area is 188 Å². The highest BCUT2D eigenvalue weighted by atomic mass is 16.5. The zero-order valence-corrected chi connectivity index (χ0v) is 19.8. The van der Waals surface area contributed by atoms with E-state index >= 15 is 0 Å². The Morgan fingerprint density at radius 2 is 1.94 bits per heavy atom. The summed E-state index contributed by atoms with van der Waals surface area (Å²) in [6, 6.07) is 4.77. The number of aromatic nitrogens is 5. The lowest BCUT2D eigenvalue weighted by atomic mass is 9.95. The van der Waals surface area contributed by atoms with Gasteiger partial charge in [-0.05, 0) is 56.9 Å². The topological polar surface area (TPSA) is 71.3 Å². The van der Waals surface area contributed by atoms with Crippen molar-refractivity contribution in [3.8, 4) is 11.3 Å². The Balaban J connectivity index is 1.64. The van der Waals surface area contributed by atoms with E-state index in [-0.39, 0.29) is 6.10 Å². The van der Waals surface area contributed by atoms with E-state index in [2.05, 4.69) is 79.8 Å². The van der Waals surface area contributed by atoms with Gasteiger partial charge in [0, 0.05) is 36.5 Å². The van der Waals surface area contributed by atoms with E-state index in [9.17, 15) is 0 Å². The van der Waals surface area contributed by atoms with Crippen LogP contribution in [-0.2, 0) is 4.74 Å². The summed E-state index contributed by atoms with van der Waals surface area (Å²) >= 11 is 0. The van der Waals surface area contributed by atoms with Crippen LogP contribution in [-0.4, -0.2) is 55.2 Å². The van der Waals surface area contributed by atoms with Gasteiger partial charge in [0.15, 0.2) is 5.65 Å². The molecule has 4 aromatic rings. The van der Waals surface area contributed by atoms with Gasteiger partial charge in [-0.3, -0.25) is 4.90 Å². The molecule has 1 aliphatic rings. The highest BCUT2D eigenvalue weighted by molar-refractivity contribution is 5.89. The van der Waals surface area contributed by atoms with Crippen molar-refractivity contribution in [3.63, 3.8) is 0 Å². The van der Waals surface area contributed by atoms with Crippen molar-refractivity contribution in [2.24, 2.45) is 0 Å². The lowest BCUT2D eigenvalue weighted by molar-refractivity contribution is -0.0420. The molecule has 1 atom stereocenters. The van der Waals surface area contributed by atoms with Crippen LogP contribution in [0.4, 0.5) is 0 Å². The van der Waals surface area contributed by atoms with Gasteiger partial charge in [0.05, 0.1) is 29.0 Å². The number of aromatic amines is 1.